The number of benzene rings is 5. The van der Waals surface area contributed by atoms with Crippen LogP contribution in [-0.2, 0) is 0 Å². The molecule has 0 aromatic heterocycles. The highest BCUT2D eigenvalue weighted by molar-refractivity contribution is 5.98. The van der Waals surface area contributed by atoms with E-state index in [0.29, 0.717) is 63.8 Å². The first-order chi connectivity index (χ1) is 58.2. The van der Waals surface area contributed by atoms with Crippen LogP contribution in [-0.4, -0.2) is 34.4 Å². The monoisotopic (exact) mass is 1600 g/mol. The number of allylic oxidation sites excluding steroid dienone is 5. The first kappa shape index (κ1) is 90.1. The van der Waals surface area contributed by atoms with Gasteiger partial charge < -0.3 is 23.9 Å². The van der Waals surface area contributed by atoms with Gasteiger partial charge in [-0.15, -0.1) is 0 Å². The molecule has 0 atom stereocenters. The lowest BCUT2D eigenvalue weighted by molar-refractivity contribution is 0.303. The number of hydrogen-bond donors (Lipinski definition) is 0. The molecule has 0 aliphatic heterocycles. The van der Waals surface area contributed by atoms with E-state index in [9.17, 15) is 26.3 Å². The molecule has 598 valence electrons. The highest BCUT2D eigenvalue weighted by Crippen LogP contribution is 2.36. The Labute approximate surface area is 671 Å². The summed E-state index contributed by atoms with van der Waals surface area (Å²) in [6, 6.07) is 36.1. The summed E-state index contributed by atoms with van der Waals surface area (Å²) in [4.78, 5) is 11.4. The predicted molar refractivity (Wildman–Crippen MR) is 413 cm³/mol. The zero-order valence-electron chi connectivity index (χ0n) is 63.9. The van der Waals surface area contributed by atoms with Crippen LogP contribution in [0.2, 0.25) is 0 Å². The summed E-state index contributed by atoms with van der Waals surface area (Å²) in [6.45, 7) is 5.11. The van der Waals surface area contributed by atoms with Gasteiger partial charge in [-0.1, -0.05) is 104 Å². The third-order valence-electron chi connectivity index (χ3n) is 15.0. The summed E-state index contributed by atoms with van der Waals surface area (Å²) in [5.41, 5.74) is 4.02. The first-order valence-corrected chi connectivity index (χ1v) is 35.4. The third-order valence-corrected chi connectivity index (χ3v) is 15.0. The van der Waals surface area contributed by atoms with Gasteiger partial charge in [-0.3, -0.25) is 0 Å². The number of nitrogens with zero attached hydrogens (tertiary/aromatic N) is 45. The SMILES string of the molecule is CCCCCCCCCCOc1cc2cc(c1)/C(C#N)=C/c1cc(OCCCCCCCCCC)cc(c1)/C(C#N)=C/c1cc(ON=NN=NN=NN=NN=NN=NN=NN=NN=NN=NC)cc(c1)/C(C#N)=C/c1cc(ON=NN=NN=NN=NN=NN=NN=NN=NN=NN=NC)cc(c1)/C(C#N)=C/c1cc(OC)cc(c1)C(C#N)=C2. The Morgan fingerprint density at radius 2 is 0.441 bits per heavy atom. The van der Waals surface area contributed by atoms with Gasteiger partial charge in [-0.25, -0.2) is 0 Å². The zero-order valence-corrected chi connectivity index (χ0v) is 63.9. The van der Waals surface area contributed by atoms with Crippen LogP contribution < -0.4 is 23.9 Å². The molecular weight excluding hydrogens is 1530 g/mol. The predicted octanol–water partition coefficient (Wildman–Crippen LogP) is 24.7. The molecule has 0 unspecified atom stereocenters. The second-order valence-electron chi connectivity index (χ2n) is 23.1. The quantitative estimate of drug-likeness (QED) is 0.0202. The molecule has 0 saturated carbocycles. The van der Waals surface area contributed by atoms with Crippen molar-refractivity contribution in [1.82, 2.24) is 0 Å². The van der Waals surface area contributed by atoms with Gasteiger partial charge in [-0.2, -0.15) is 36.5 Å². The van der Waals surface area contributed by atoms with E-state index in [0.717, 1.165) is 70.6 Å². The summed E-state index contributed by atoms with van der Waals surface area (Å²) < 4.78 is 18.7. The van der Waals surface area contributed by atoms with Crippen LogP contribution >= 0.6 is 0 Å². The Bertz CT molecular complexity index is 5160. The fourth-order valence-corrected chi connectivity index (χ4v) is 10.1. The summed E-state index contributed by atoms with van der Waals surface area (Å²) in [6.07, 6.45) is 25.0. The van der Waals surface area contributed by atoms with Gasteiger partial charge in [0, 0.05) is 104 Å². The summed E-state index contributed by atoms with van der Waals surface area (Å²) in [5.74, 6) is 1.06. The minimum absolute atomic E-state index is 0.0296. The van der Waals surface area contributed by atoms with Gasteiger partial charge in [0.25, 0.3) is 0 Å². The molecule has 0 saturated heterocycles. The maximum atomic E-state index is 11.2. The van der Waals surface area contributed by atoms with Crippen molar-refractivity contribution < 1.29 is 23.9 Å². The van der Waals surface area contributed by atoms with E-state index in [4.69, 9.17) is 23.9 Å². The lowest BCUT2D eigenvalue weighted by Gasteiger charge is -2.12. The Balaban J connectivity index is 1.50. The molecule has 0 amide bonds. The Morgan fingerprint density at radius 1 is 0.237 bits per heavy atom. The number of fused-ring (bicyclic) bond motifs is 10. The number of ether oxygens (including phenoxy) is 3. The highest BCUT2D eigenvalue weighted by Gasteiger charge is 2.17. The Hall–Kier alpha value is -16.7. The average molecular weight is 1600 g/mol. The lowest BCUT2D eigenvalue weighted by Crippen LogP contribution is -1.99. The minimum atomic E-state index is -0.0607. The van der Waals surface area contributed by atoms with E-state index in [1.165, 1.54) is 83.7 Å². The van der Waals surface area contributed by atoms with Crippen molar-refractivity contribution in [2.45, 2.75) is 117 Å². The van der Waals surface area contributed by atoms with Crippen LogP contribution in [0.15, 0.2) is 300 Å². The Kier molecular flexibility index (Phi) is 43.8. The molecule has 0 N–H and O–H groups in total. The summed E-state index contributed by atoms with van der Waals surface area (Å²) in [5, 5.41) is 185. The fraction of sp³-hybridized carbons (Fsp3) is 0.338. The van der Waals surface area contributed by atoms with E-state index < -0.39 is 0 Å². The van der Waals surface area contributed by atoms with E-state index >= 15 is 0 Å². The van der Waals surface area contributed by atoms with E-state index in [-0.39, 0.29) is 61.6 Å². The number of nitriles is 5. The van der Waals surface area contributed by atoms with Crippen molar-refractivity contribution in [2.24, 2.45) is 209 Å². The van der Waals surface area contributed by atoms with E-state index in [1.54, 1.807) is 91.0 Å². The van der Waals surface area contributed by atoms with Gasteiger partial charge in [0.1, 0.15) is 17.2 Å². The molecule has 5 aromatic rings. The molecule has 0 heterocycles. The minimum Gasteiger partial charge on any atom is -0.497 e. The molecular formula is C68H71N45O5. The van der Waals surface area contributed by atoms with Crippen molar-refractivity contribution in [1.29, 1.82) is 26.3 Å². The molecule has 118 heavy (non-hydrogen) atoms. The molecule has 10 bridgehead atoms. The fourth-order valence-electron chi connectivity index (χ4n) is 10.1. The molecule has 6 rings (SSSR count). The summed E-state index contributed by atoms with van der Waals surface area (Å²) in [7, 11) is 4.20. The van der Waals surface area contributed by atoms with Crippen LogP contribution in [0, 0.1) is 56.7 Å². The maximum Gasteiger partial charge on any atom is 0.161 e. The van der Waals surface area contributed by atoms with Crippen LogP contribution in [0.25, 0.3) is 58.2 Å². The van der Waals surface area contributed by atoms with E-state index in [1.807, 2.05) is 0 Å². The second-order valence-corrected chi connectivity index (χ2v) is 23.1. The van der Waals surface area contributed by atoms with Gasteiger partial charge >= 0.3 is 0 Å². The van der Waals surface area contributed by atoms with Crippen LogP contribution in [0.1, 0.15) is 172 Å². The normalized spacial score (nSPS) is 15.2. The number of methoxy groups -OCH3 is 1. The van der Waals surface area contributed by atoms with Crippen molar-refractivity contribution >= 4 is 58.2 Å². The highest BCUT2D eigenvalue weighted by atomic mass is 16.6. The van der Waals surface area contributed by atoms with Crippen molar-refractivity contribution in [3.8, 4) is 59.1 Å². The standard InChI is InChI=1S/C68H71N45O5/c1-6-8-10-12-14-16-18-20-22-115-65-35-50-25-55(40-65)60(45-70)31-51-26-56(41-66(36-51)116-23-21-19-17-15-13-11-9-7-2)61(46-71)32-52-27-58(43-67(37-52)117-112-110-108-106-104-102-100-98-96-94-92-90-88-86-84-82-80-78-76-74-3)63(48-73)33-53-28-57(62(47-72)29-49-24-54(59(30-50)44-69)39-64(34-49)114-5)42-68(38-53)118-113-111-109-107-105-103-101-99-97-95-93-91-89-87-85-83-81-79-77-75-4/h24-43H,6-23H2,1-5H3/b59-30?,60-31+,61-32+,62-29+,63-33+,76-74?,77-75?,80-78?,81-79?,84-82?,85-83?,88-86?,89-87?,92-90?,93-91?,96-94?,97-95?,100-98?,101-99?,104-102?,105-103?,108-106?,109-107?,112-110?,113-111?. The summed E-state index contributed by atoms with van der Waals surface area (Å²) >= 11 is 0. The van der Waals surface area contributed by atoms with Crippen molar-refractivity contribution in [2.75, 3.05) is 34.4 Å². The first-order valence-electron chi connectivity index (χ1n) is 35.4. The number of unbranched alkanes of at least 4 members (excludes halogenated alkanes) is 14. The van der Waals surface area contributed by atoms with Crippen LogP contribution in [0.4, 0.5) is 0 Å². The lowest BCUT2D eigenvalue weighted by atomic mass is 9.96. The average Bonchev–Trinajstić information content (AvgIpc) is 0.894. The number of hydrogen-bond acceptors (Lipinski definition) is 14. The van der Waals surface area contributed by atoms with Gasteiger partial charge in [0.15, 0.2) is 11.5 Å². The Morgan fingerprint density at radius 3 is 0.678 bits per heavy atom. The molecule has 5 aromatic carbocycles. The van der Waals surface area contributed by atoms with Gasteiger partial charge in [0.2, 0.25) is 0 Å². The van der Waals surface area contributed by atoms with E-state index in [2.05, 4.69) is 253 Å². The molecule has 50 nitrogen and oxygen atoms in total. The molecule has 0 spiro atoms. The smallest absolute Gasteiger partial charge is 0.161 e. The molecule has 50 heteroatoms. The number of rotatable bonds is 43. The third kappa shape index (κ3) is 36.8. The maximum absolute atomic E-state index is 11.2. The van der Waals surface area contributed by atoms with Gasteiger partial charge in [0.05, 0.1) is 103 Å². The molecule has 0 fully saturated rings. The van der Waals surface area contributed by atoms with Crippen molar-refractivity contribution in [3.63, 3.8) is 0 Å². The van der Waals surface area contributed by atoms with Crippen LogP contribution in [0.5, 0.6) is 28.7 Å². The topological polar surface area (TPSA) is 660 Å². The largest absolute Gasteiger partial charge is 0.497 e. The second kappa shape index (κ2) is 57.3. The van der Waals surface area contributed by atoms with Gasteiger partial charge in [-0.05, 0) is 273 Å². The zero-order chi connectivity index (χ0) is 83.8. The van der Waals surface area contributed by atoms with Crippen LogP contribution in [0.3, 0.4) is 0 Å². The molecule has 1 aliphatic carbocycles. The molecule has 0 radical (unpaired) electrons. The molecule has 1 aliphatic rings. The van der Waals surface area contributed by atoms with Crippen molar-refractivity contribution in [3.05, 3.63) is 147 Å².